The largest absolute Gasteiger partial charge is 0.212 e. The molecule has 0 amide bonds. The third-order valence-corrected chi connectivity index (χ3v) is 9.23. The molecular formula is C25H34N+. The number of fused-ring (bicyclic) bond motifs is 5. The predicted octanol–water partition coefficient (Wildman–Crippen LogP) is 5.93. The lowest BCUT2D eigenvalue weighted by Crippen LogP contribution is -2.51. The molecule has 2 aliphatic carbocycles. The predicted molar refractivity (Wildman–Crippen MR) is 109 cm³/mol. The molecule has 0 saturated heterocycles. The van der Waals surface area contributed by atoms with E-state index in [-0.39, 0.29) is 21.7 Å². The number of rotatable bonds is 1. The van der Waals surface area contributed by atoms with Crippen molar-refractivity contribution in [3.63, 3.8) is 0 Å². The van der Waals surface area contributed by atoms with E-state index in [1.54, 1.807) is 11.3 Å². The van der Waals surface area contributed by atoms with Gasteiger partial charge in [0.25, 0.3) is 0 Å². The molecule has 2 aliphatic rings. The molecule has 1 heteroatoms. The van der Waals surface area contributed by atoms with Gasteiger partial charge < -0.3 is 0 Å². The molecule has 0 aliphatic heterocycles. The zero-order valence-electron chi connectivity index (χ0n) is 18.0. The summed E-state index contributed by atoms with van der Waals surface area (Å²) in [5, 5.41) is 0. The zero-order chi connectivity index (χ0) is 19.3. The lowest BCUT2D eigenvalue weighted by Gasteiger charge is -2.50. The van der Waals surface area contributed by atoms with Crippen LogP contribution in [0.25, 0.3) is 11.3 Å². The van der Waals surface area contributed by atoms with E-state index in [1.807, 2.05) is 0 Å². The highest BCUT2D eigenvalue weighted by atomic mass is 15.0. The zero-order valence-corrected chi connectivity index (χ0v) is 18.0. The summed E-state index contributed by atoms with van der Waals surface area (Å²) in [5.41, 5.74) is 8.06. The third-order valence-electron chi connectivity index (χ3n) is 9.23. The Bertz CT molecular complexity index is 916. The van der Waals surface area contributed by atoms with Crippen LogP contribution in [0.5, 0.6) is 0 Å². The maximum atomic E-state index is 2.52. The molecule has 4 rings (SSSR count). The van der Waals surface area contributed by atoms with Crippen molar-refractivity contribution in [2.75, 3.05) is 0 Å². The first-order valence-corrected chi connectivity index (χ1v) is 10.00. The van der Waals surface area contributed by atoms with E-state index in [0.717, 1.165) is 0 Å². The fraction of sp³-hybridized carbons (Fsp3) is 0.560. The van der Waals surface area contributed by atoms with E-state index in [4.69, 9.17) is 0 Å². The number of benzene rings is 1. The Morgan fingerprint density at radius 2 is 1.42 bits per heavy atom. The first-order chi connectivity index (χ1) is 11.9. The lowest BCUT2D eigenvalue weighted by atomic mass is 9.53. The van der Waals surface area contributed by atoms with Gasteiger partial charge in [0, 0.05) is 22.6 Å². The second-order valence-corrected chi connectivity index (χ2v) is 10.5. The topological polar surface area (TPSA) is 3.88 Å². The van der Waals surface area contributed by atoms with Crippen LogP contribution in [0.15, 0.2) is 36.4 Å². The molecule has 0 radical (unpaired) electrons. The van der Waals surface area contributed by atoms with E-state index in [0.29, 0.717) is 5.92 Å². The number of aryl methyl sites for hydroxylation is 1. The lowest BCUT2D eigenvalue weighted by molar-refractivity contribution is -0.671. The van der Waals surface area contributed by atoms with Crippen molar-refractivity contribution in [2.24, 2.45) is 23.3 Å². The van der Waals surface area contributed by atoms with Gasteiger partial charge in [0.2, 0.25) is 5.69 Å². The molecule has 1 heterocycles. The van der Waals surface area contributed by atoms with E-state index in [2.05, 4.69) is 103 Å². The fourth-order valence-electron chi connectivity index (χ4n) is 6.94. The molecule has 0 spiro atoms. The highest BCUT2D eigenvalue weighted by molar-refractivity contribution is 5.62. The highest BCUT2D eigenvalue weighted by Gasteiger charge is 2.78. The minimum Gasteiger partial charge on any atom is -0.198 e. The summed E-state index contributed by atoms with van der Waals surface area (Å²) in [6.07, 6.45) is 0. The van der Waals surface area contributed by atoms with Crippen molar-refractivity contribution in [3.8, 4) is 11.3 Å². The Kier molecular flexibility index (Phi) is 3.28. The molecule has 1 fully saturated rings. The van der Waals surface area contributed by atoms with Gasteiger partial charge in [0.15, 0.2) is 5.69 Å². The smallest absolute Gasteiger partial charge is 0.198 e. The summed E-state index contributed by atoms with van der Waals surface area (Å²) in [6.45, 7) is 19.7. The molecular weight excluding hydrogens is 314 g/mol. The van der Waals surface area contributed by atoms with Crippen molar-refractivity contribution in [1.82, 2.24) is 0 Å². The van der Waals surface area contributed by atoms with Crippen LogP contribution < -0.4 is 4.57 Å². The first kappa shape index (κ1) is 17.8. The molecule has 1 nitrogen and oxygen atoms in total. The van der Waals surface area contributed by atoms with Crippen LogP contribution in [0.1, 0.15) is 71.2 Å². The van der Waals surface area contributed by atoms with Crippen LogP contribution >= 0.6 is 0 Å². The third kappa shape index (κ3) is 1.62. The molecule has 2 unspecified atom stereocenters. The van der Waals surface area contributed by atoms with Crippen LogP contribution in [0, 0.1) is 23.2 Å². The van der Waals surface area contributed by atoms with Crippen molar-refractivity contribution in [2.45, 2.75) is 66.7 Å². The molecule has 2 bridgehead atoms. The molecule has 2 aromatic rings. The molecule has 1 aromatic heterocycles. The van der Waals surface area contributed by atoms with Gasteiger partial charge in [0.1, 0.15) is 7.05 Å². The van der Waals surface area contributed by atoms with Crippen LogP contribution in [0.3, 0.4) is 0 Å². The van der Waals surface area contributed by atoms with E-state index in [9.17, 15) is 0 Å². The summed E-state index contributed by atoms with van der Waals surface area (Å²) in [6, 6.07) is 13.5. The van der Waals surface area contributed by atoms with Crippen LogP contribution in [-0.2, 0) is 12.5 Å². The van der Waals surface area contributed by atoms with Gasteiger partial charge in [-0.3, -0.25) is 0 Å². The molecule has 2 atom stereocenters. The van der Waals surface area contributed by atoms with Crippen LogP contribution in [-0.4, -0.2) is 0 Å². The van der Waals surface area contributed by atoms with Gasteiger partial charge >= 0.3 is 0 Å². The Labute approximate surface area is 159 Å². The van der Waals surface area contributed by atoms with Crippen molar-refractivity contribution in [1.29, 1.82) is 0 Å². The normalized spacial score (nSPS) is 29.7. The Morgan fingerprint density at radius 1 is 0.808 bits per heavy atom. The van der Waals surface area contributed by atoms with Gasteiger partial charge in [-0.05, 0) is 40.9 Å². The monoisotopic (exact) mass is 348 g/mol. The number of nitrogens with zero attached hydrogens (tertiary/aromatic N) is 1. The summed E-state index contributed by atoms with van der Waals surface area (Å²) in [4.78, 5) is 0. The average molecular weight is 349 g/mol. The van der Waals surface area contributed by atoms with E-state index in [1.165, 1.54) is 16.8 Å². The molecule has 26 heavy (non-hydrogen) atoms. The van der Waals surface area contributed by atoms with Gasteiger partial charge in [-0.2, -0.15) is 4.57 Å². The summed E-state index contributed by atoms with van der Waals surface area (Å²) in [7, 11) is 2.28. The first-order valence-electron chi connectivity index (χ1n) is 10.00. The second kappa shape index (κ2) is 4.80. The summed E-state index contributed by atoms with van der Waals surface area (Å²) in [5.74, 6) is 0.555. The molecule has 138 valence electrons. The quantitative estimate of drug-likeness (QED) is 0.562. The average Bonchev–Trinajstić information content (AvgIpc) is 2.78. The van der Waals surface area contributed by atoms with E-state index >= 15 is 0 Å². The van der Waals surface area contributed by atoms with Crippen molar-refractivity contribution >= 4 is 0 Å². The SMILES string of the molecule is Cc1ccccc1-c1ccc2c([n+]1C)C1C(C)(C)C(C)(C)C2(C)C1(C)C. The van der Waals surface area contributed by atoms with Crippen LogP contribution in [0.2, 0.25) is 0 Å². The molecule has 0 N–H and O–H groups in total. The fourth-order valence-corrected chi connectivity index (χ4v) is 6.94. The Hall–Kier alpha value is -1.63. The molecule has 1 saturated carbocycles. The Morgan fingerprint density at radius 3 is 2.04 bits per heavy atom. The van der Waals surface area contributed by atoms with Crippen molar-refractivity contribution < 1.29 is 4.57 Å². The number of hydrogen-bond acceptors (Lipinski definition) is 0. The summed E-state index contributed by atoms with van der Waals surface area (Å²) < 4.78 is 2.51. The Balaban J connectivity index is 2.06. The van der Waals surface area contributed by atoms with Crippen molar-refractivity contribution in [3.05, 3.63) is 53.2 Å². The summed E-state index contributed by atoms with van der Waals surface area (Å²) >= 11 is 0. The number of aromatic nitrogens is 1. The second-order valence-electron chi connectivity index (χ2n) is 10.5. The van der Waals surface area contributed by atoms with Crippen LogP contribution in [0.4, 0.5) is 0 Å². The van der Waals surface area contributed by atoms with Gasteiger partial charge in [-0.25, -0.2) is 0 Å². The minimum absolute atomic E-state index is 0.172. The number of hydrogen-bond donors (Lipinski definition) is 0. The van der Waals surface area contributed by atoms with Gasteiger partial charge in [-0.15, -0.1) is 0 Å². The maximum Gasteiger partial charge on any atom is 0.212 e. The van der Waals surface area contributed by atoms with Gasteiger partial charge in [0.05, 0.1) is 5.92 Å². The minimum atomic E-state index is 0.172. The van der Waals surface area contributed by atoms with Gasteiger partial charge in [-0.1, -0.05) is 66.7 Å². The maximum absolute atomic E-state index is 2.52. The standard InChI is InChI=1S/C25H34N/c1-16-12-10-11-13-17(16)19-15-14-18-20(26(19)9)21-22(2,3)24(6,7)25(18,8)23(21,4)5/h10-15,21H,1-9H3/q+1. The number of pyridine rings is 1. The van der Waals surface area contributed by atoms with E-state index < -0.39 is 0 Å². The highest BCUT2D eigenvalue weighted by Crippen LogP contribution is 2.80. The molecule has 1 aromatic carbocycles.